The largest absolute Gasteiger partial charge is 0.356 e. The number of aromatic nitrogens is 1. The van der Waals surface area contributed by atoms with E-state index in [0.29, 0.717) is 30.2 Å². The maximum Gasteiger partial charge on any atom is 0.273 e. The second-order valence-electron chi connectivity index (χ2n) is 12.3. The van der Waals surface area contributed by atoms with Gasteiger partial charge < -0.3 is 21.9 Å². The minimum absolute atomic E-state index is 0.123. The van der Waals surface area contributed by atoms with Crippen LogP contribution in [0.5, 0.6) is 0 Å². The Labute approximate surface area is 266 Å². The maximum atomic E-state index is 15.0. The summed E-state index contributed by atoms with van der Waals surface area (Å²) in [6, 6.07) is 8.56. The summed E-state index contributed by atoms with van der Waals surface area (Å²) in [5.74, 6) is -2.36. The molecule has 1 aromatic carbocycles. The minimum Gasteiger partial charge on any atom is -0.356 e. The molecule has 5 N–H and O–H groups in total. The molecule has 45 heavy (non-hydrogen) atoms. The molecule has 0 unspecified atom stereocenters. The number of hydrogen-bond donors (Lipinski definition) is 4. The zero-order valence-electron chi connectivity index (χ0n) is 27.6. The molecule has 2 aromatic rings. The van der Waals surface area contributed by atoms with E-state index in [2.05, 4.69) is 54.3 Å². The van der Waals surface area contributed by atoms with Gasteiger partial charge in [0.2, 0.25) is 0 Å². The van der Waals surface area contributed by atoms with Crippen LogP contribution in [0.3, 0.4) is 0 Å². The first kappa shape index (κ1) is 37.4. The average Bonchev–Trinajstić information content (AvgIpc) is 3.00. The lowest BCUT2D eigenvalue weighted by Crippen LogP contribution is -2.41. The van der Waals surface area contributed by atoms with Gasteiger partial charge in [-0.3, -0.25) is 9.78 Å². The van der Waals surface area contributed by atoms with Crippen molar-refractivity contribution in [3.8, 4) is 0 Å². The lowest BCUT2D eigenvalue weighted by Gasteiger charge is -2.45. The Kier molecular flexibility index (Phi) is 14.2. The number of fused-ring (bicyclic) bond motifs is 3. The number of anilines is 1. The quantitative estimate of drug-likeness (QED) is 0.201. The number of benzene rings is 1. The summed E-state index contributed by atoms with van der Waals surface area (Å²) < 4.78 is 43.3. The molecule has 0 amide bonds. The summed E-state index contributed by atoms with van der Waals surface area (Å²) in [5.41, 5.74) is 9.99. The number of hydrazone groups is 1. The van der Waals surface area contributed by atoms with E-state index < -0.39 is 11.3 Å². The van der Waals surface area contributed by atoms with Gasteiger partial charge in [-0.05, 0) is 106 Å². The molecule has 1 aromatic heterocycles. The molecular weight excluding hydrogens is 577 g/mol. The van der Waals surface area contributed by atoms with Crippen molar-refractivity contribution in [1.29, 1.82) is 5.41 Å². The summed E-state index contributed by atoms with van der Waals surface area (Å²) in [7, 11) is 3.19. The van der Waals surface area contributed by atoms with E-state index in [-0.39, 0.29) is 35.7 Å². The summed E-state index contributed by atoms with van der Waals surface area (Å²) in [6.07, 6.45) is 7.43. The molecule has 1 saturated carbocycles. The molecular formula is C35H49F3N6O. The van der Waals surface area contributed by atoms with Gasteiger partial charge in [0.05, 0.1) is 11.6 Å². The molecule has 10 heteroatoms. The monoisotopic (exact) mass is 626 g/mol. The fourth-order valence-corrected chi connectivity index (χ4v) is 5.60. The minimum atomic E-state index is -3.06. The Hall–Kier alpha value is -3.79. The number of halogens is 3. The van der Waals surface area contributed by atoms with Crippen LogP contribution in [0.25, 0.3) is 0 Å². The Morgan fingerprint density at radius 3 is 2.38 bits per heavy atom. The molecule has 0 saturated heterocycles. The highest BCUT2D eigenvalue weighted by Crippen LogP contribution is 2.54. The molecule has 1 spiro atoms. The number of Topliss-reactive ketones (excluding diaryl/α,β-unsaturated/α-hetero) is 1. The molecule has 5 rings (SSSR count). The molecule has 3 aliphatic rings. The van der Waals surface area contributed by atoms with Crippen molar-refractivity contribution in [3.63, 3.8) is 0 Å². The van der Waals surface area contributed by atoms with Crippen molar-refractivity contribution in [2.75, 3.05) is 19.4 Å². The molecule has 0 radical (unpaired) electrons. The number of nitrogens with two attached hydrogens (primary N) is 1. The Balaban J connectivity index is 0.000000464. The number of nitrogens with one attached hydrogen (secondary N) is 3. The van der Waals surface area contributed by atoms with Crippen LogP contribution in [-0.4, -0.2) is 36.8 Å². The Bertz CT molecular complexity index is 1380. The highest BCUT2D eigenvalue weighted by Gasteiger charge is 2.49. The maximum absolute atomic E-state index is 15.0. The molecule has 1 fully saturated rings. The van der Waals surface area contributed by atoms with Gasteiger partial charge in [0, 0.05) is 42.3 Å². The van der Waals surface area contributed by atoms with Gasteiger partial charge in [0.25, 0.3) is 5.92 Å². The van der Waals surface area contributed by atoms with Crippen LogP contribution in [0.4, 0.5) is 18.9 Å². The third-order valence-electron chi connectivity index (χ3n) is 7.53. The van der Waals surface area contributed by atoms with Crippen LogP contribution in [0.15, 0.2) is 70.6 Å². The SMILES string of the molecule is CC(C)C.CN.CN/N=C\C(C)=N.C[C@H]1CCC2=CC(Nc3ccc(F)cc3)=C3CCC(F)(F)c4ccnc(c4)C(=O)[C@@]2(C3)C1. The zero-order chi connectivity index (χ0) is 33.8. The summed E-state index contributed by atoms with van der Waals surface area (Å²) in [5, 5.41) is 13.7. The number of allylic oxidation sites excluding steroid dienone is 3. The normalized spacial score (nSPS) is 21.5. The number of alkyl halides is 2. The Morgan fingerprint density at radius 1 is 1.16 bits per heavy atom. The molecule has 2 atom stereocenters. The van der Waals surface area contributed by atoms with Crippen LogP contribution < -0.4 is 16.5 Å². The van der Waals surface area contributed by atoms with E-state index in [4.69, 9.17) is 5.41 Å². The second kappa shape index (κ2) is 17.1. The van der Waals surface area contributed by atoms with Gasteiger partial charge in [0.15, 0.2) is 5.78 Å². The summed E-state index contributed by atoms with van der Waals surface area (Å²) in [4.78, 5) is 18.0. The molecule has 4 bridgehead atoms. The van der Waals surface area contributed by atoms with E-state index in [1.54, 1.807) is 26.1 Å². The van der Waals surface area contributed by atoms with Crippen molar-refractivity contribution in [3.05, 3.63) is 82.6 Å². The highest BCUT2D eigenvalue weighted by molar-refractivity contribution is 6.27. The van der Waals surface area contributed by atoms with Gasteiger partial charge in [-0.2, -0.15) is 5.10 Å². The van der Waals surface area contributed by atoms with Crippen LogP contribution >= 0.6 is 0 Å². The van der Waals surface area contributed by atoms with E-state index in [9.17, 15) is 18.0 Å². The number of carbonyl (C=O) groups is 1. The third kappa shape index (κ3) is 10.4. The number of nitrogens with zero attached hydrogens (tertiary/aromatic N) is 2. The van der Waals surface area contributed by atoms with Crippen molar-refractivity contribution >= 4 is 23.4 Å². The van der Waals surface area contributed by atoms with Gasteiger partial charge in [-0.1, -0.05) is 33.3 Å². The Morgan fingerprint density at radius 2 is 1.80 bits per heavy atom. The zero-order valence-corrected chi connectivity index (χ0v) is 27.6. The van der Waals surface area contributed by atoms with E-state index in [1.165, 1.54) is 43.7 Å². The predicted octanol–water partition coefficient (Wildman–Crippen LogP) is 8.26. The number of ketones is 1. The van der Waals surface area contributed by atoms with Crippen LogP contribution in [0.1, 0.15) is 89.2 Å². The number of pyridine rings is 1. The van der Waals surface area contributed by atoms with Gasteiger partial charge >= 0.3 is 0 Å². The first-order valence-corrected chi connectivity index (χ1v) is 15.4. The summed E-state index contributed by atoms with van der Waals surface area (Å²) >= 11 is 0. The molecule has 1 heterocycles. The van der Waals surface area contributed by atoms with Crippen LogP contribution in [0.2, 0.25) is 0 Å². The molecule has 7 nitrogen and oxygen atoms in total. The molecule has 246 valence electrons. The van der Waals surface area contributed by atoms with E-state index in [0.717, 1.165) is 35.6 Å². The van der Waals surface area contributed by atoms with Crippen LogP contribution in [-0.2, 0) is 5.92 Å². The highest BCUT2D eigenvalue weighted by atomic mass is 19.3. The fourth-order valence-electron chi connectivity index (χ4n) is 5.60. The number of rotatable bonds is 4. The lowest BCUT2D eigenvalue weighted by atomic mass is 9.58. The van der Waals surface area contributed by atoms with Crippen molar-refractivity contribution < 1.29 is 18.0 Å². The van der Waals surface area contributed by atoms with Gasteiger partial charge in [-0.25, -0.2) is 13.2 Å². The third-order valence-corrected chi connectivity index (χ3v) is 7.53. The number of hydrogen-bond acceptors (Lipinski definition) is 7. The van der Waals surface area contributed by atoms with Crippen molar-refractivity contribution in [2.24, 2.45) is 28.1 Å². The fraction of sp³-hybridized carbons (Fsp3) is 0.486. The first-order chi connectivity index (χ1) is 21.3. The second-order valence-corrected chi connectivity index (χ2v) is 12.3. The topological polar surface area (TPSA) is 116 Å². The van der Waals surface area contributed by atoms with E-state index in [1.807, 2.05) is 6.08 Å². The molecule has 0 aliphatic heterocycles. The van der Waals surface area contributed by atoms with E-state index >= 15 is 0 Å². The van der Waals surface area contributed by atoms with Gasteiger partial charge in [0.1, 0.15) is 11.5 Å². The number of carbonyl (C=O) groups excluding carboxylic acids is 1. The van der Waals surface area contributed by atoms with Gasteiger partial charge in [-0.15, -0.1) is 0 Å². The summed E-state index contributed by atoms with van der Waals surface area (Å²) in [6.45, 7) is 10.3. The predicted molar refractivity (Wildman–Crippen MR) is 178 cm³/mol. The average molecular weight is 627 g/mol. The lowest BCUT2D eigenvalue weighted by molar-refractivity contribution is -0.0139. The standard InChI is InChI=1S/C26H25F3N2O.C4H9N3.C4H10.CH5N/c1-16-2-3-18-12-22(31-21-6-4-20(27)5-7-21)17-8-10-26(28,29)19-9-11-30-23(13-19)24(32)25(18,14-16)15-17;1-4(5)3-7-6-2;1-4(2)3;1-2/h4-7,9,11-13,16,31H,2-3,8,10,14-15H2,1H3;3,5-6H,1-2H3;4H,1-3H3;2H2,1H3/b;5-4?,7-3-;;/t16-,25+;;;/m0.../s1. The smallest absolute Gasteiger partial charge is 0.273 e. The first-order valence-electron chi connectivity index (χ1n) is 15.4. The van der Waals surface area contributed by atoms with Crippen LogP contribution in [0, 0.1) is 28.5 Å². The van der Waals surface area contributed by atoms with Crippen molar-refractivity contribution in [2.45, 2.75) is 79.1 Å². The molecule has 3 aliphatic carbocycles. The van der Waals surface area contributed by atoms with Crippen molar-refractivity contribution in [1.82, 2.24) is 10.4 Å².